The molecule has 1 aromatic rings. The predicted octanol–water partition coefficient (Wildman–Crippen LogP) is 2.18. The number of nitriles is 1. The Balaban J connectivity index is 3.28. The van der Waals surface area contributed by atoms with E-state index in [1.54, 1.807) is 12.1 Å². The van der Waals surface area contributed by atoms with E-state index >= 15 is 0 Å². The van der Waals surface area contributed by atoms with E-state index in [0.717, 1.165) is 6.08 Å². The molecule has 0 saturated carbocycles. The topological polar surface area (TPSA) is 93.0 Å². The largest absolute Gasteiger partial charge is 0.398 e. The first kappa shape index (κ1) is 11.2. The fourth-order valence-corrected chi connectivity index (χ4v) is 1.48. The van der Waals surface area contributed by atoms with Crippen LogP contribution in [-0.4, -0.2) is 4.92 Å². The van der Waals surface area contributed by atoms with E-state index < -0.39 is 4.92 Å². The van der Waals surface area contributed by atoms with Crippen LogP contribution in [-0.2, 0) is 0 Å². The zero-order valence-electron chi connectivity index (χ0n) is 7.48. The summed E-state index contributed by atoms with van der Waals surface area (Å²) in [5, 5.41) is 18.9. The number of nitro groups is 1. The molecule has 0 heterocycles. The highest BCUT2D eigenvalue weighted by Crippen LogP contribution is 2.23. The summed E-state index contributed by atoms with van der Waals surface area (Å²) in [6.45, 7) is 0. The lowest BCUT2D eigenvalue weighted by Crippen LogP contribution is -1.97. The number of hydrogen-bond acceptors (Lipinski definition) is 4. The fourth-order valence-electron chi connectivity index (χ4n) is 0.999. The molecule has 0 radical (unpaired) electrons. The van der Waals surface area contributed by atoms with Gasteiger partial charge in [0.25, 0.3) is 5.69 Å². The molecule has 5 nitrogen and oxygen atoms in total. The first-order valence-corrected chi connectivity index (χ1v) is 4.64. The van der Waals surface area contributed by atoms with Gasteiger partial charge in [0.15, 0.2) is 0 Å². The van der Waals surface area contributed by atoms with Gasteiger partial charge in [-0.1, -0.05) is 15.9 Å². The van der Waals surface area contributed by atoms with Gasteiger partial charge in [0.1, 0.15) is 0 Å². The summed E-state index contributed by atoms with van der Waals surface area (Å²) in [6, 6.07) is 6.05. The third-order valence-electron chi connectivity index (χ3n) is 1.65. The Hall–Kier alpha value is -1.87. The molecule has 0 aliphatic rings. The number of allylic oxidation sites excluding steroid dienone is 1. The number of non-ortho nitro benzene ring substituents is 1. The first-order valence-electron chi connectivity index (χ1n) is 3.85. The van der Waals surface area contributed by atoms with Gasteiger partial charge in [-0.15, -0.1) is 0 Å². The number of nitrogens with zero attached hydrogens (tertiary/aromatic N) is 2. The highest BCUT2D eigenvalue weighted by atomic mass is 79.9. The van der Waals surface area contributed by atoms with Crippen molar-refractivity contribution in [3.05, 3.63) is 44.4 Å². The molecule has 6 heteroatoms. The highest BCUT2D eigenvalue weighted by molar-refractivity contribution is 9.10. The maximum atomic E-state index is 10.5. The molecule has 0 saturated heterocycles. The van der Waals surface area contributed by atoms with Gasteiger partial charge in [-0.05, 0) is 6.07 Å². The van der Waals surface area contributed by atoms with Gasteiger partial charge in [0.2, 0.25) is 0 Å². The molecule has 0 fully saturated rings. The van der Waals surface area contributed by atoms with Crippen LogP contribution in [0.4, 0.5) is 5.69 Å². The average Bonchev–Trinajstić information content (AvgIpc) is 2.17. The number of nitrogens with two attached hydrogens (primary N) is 1. The SMILES string of the molecule is N#C/C=C(/N)c1cc(Br)cc([N+](=O)[O-])c1. The molecule has 0 bridgehead atoms. The van der Waals surface area contributed by atoms with Crippen molar-refractivity contribution in [1.29, 1.82) is 5.26 Å². The second kappa shape index (κ2) is 4.57. The van der Waals surface area contributed by atoms with Crippen LogP contribution in [0, 0.1) is 21.4 Å². The van der Waals surface area contributed by atoms with Crippen molar-refractivity contribution in [2.24, 2.45) is 5.73 Å². The molecule has 1 aromatic carbocycles. The molecule has 0 unspecified atom stereocenters. The normalized spacial score (nSPS) is 10.8. The van der Waals surface area contributed by atoms with Crippen LogP contribution in [0.1, 0.15) is 5.56 Å². The van der Waals surface area contributed by atoms with Crippen LogP contribution in [0.25, 0.3) is 5.70 Å². The molecule has 0 spiro atoms. The standard InChI is InChI=1S/C9H6BrN3O2/c10-7-3-6(9(12)1-2-11)4-8(5-7)13(14)15/h1,3-5H,12H2/b9-1+. The second-order valence-corrected chi connectivity index (χ2v) is 3.60. The van der Waals surface area contributed by atoms with Crippen LogP contribution in [0.5, 0.6) is 0 Å². The first-order chi connectivity index (χ1) is 7.04. The fraction of sp³-hybridized carbons (Fsp3) is 0. The van der Waals surface area contributed by atoms with Gasteiger partial charge in [-0.25, -0.2) is 0 Å². The van der Waals surface area contributed by atoms with E-state index in [2.05, 4.69) is 15.9 Å². The molecule has 0 aliphatic carbocycles. The summed E-state index contributed by atoms with van der Waals surface area (Å²) in [5.74, 6) is 0. The van der Waals surface area contributed by atoms with Gasteiger partial charge in [0, 0.05) is 33.9 Å². The molecular weight excluding hydrogens is 262 g/mol. The molecule has 15 heavy (non-hydrogen) atoms. The predicted molar refractivity (Wildman–Crippen MR) is 58.6 cm³/mol. The van der Waals surface area contributed by atoms with E-state index in [1.165, 1.54) is 12.1 Å². The van der Waals surface area contributed by atoms with Crippen LogP contribution in [0.3, 0.4) is 0 Å². The number of rotatable bonds is 2. The van der Waals surface area contributed by atoms with Crippen molar-refractivity contribution in [3.63, 3.8) is 0 Å². The van der Waals surface area contributed by atoms with E-state index in [4.69, 9.17) is 11.0 Å². The minimum absolute atomic E-state index is 0.0753. The van der Waals surface area contributed by atoms with Crippen molar-refractivity contribution in [2.75, 3.05) is 0 Å². The van der Waals surface area contributed by atoms with Crippen molar-refractivity contribution in [3.8, 4) is 6.07 Å². The summed E-state index contributed by atoms with van der Waals surface area (Å²) >= 11 is 3.13. The molecule has 0 atom stereocenters. The summed E-state index contributed by atoms with van der Waals surface area (Å²) in [6.07, 6.45) is 1.13. The number of benzene rings is 1. The van der Waals surface area contributed by atoms with Gasteiger partial charge < -0.3 is 5.73 Å². The Kier molecular flexibility index (Phi) is 3.42. The summed E-state index contributed by atoms with van der Waals surface area (Å²) in [7, 11) is 0. The van der Waals surface area contributed by atoms with Crippen LogP contribution in [0.15, 0.2) is 28.7 Å². The van der Waals surface area contributed by atoms with Crippen molar-refractivity contribution in [1.82, 2.24) is 0 Å². The van der Waals surface area contributed by atoms with Crippen molar-refractivity contribution in [2.45, 2.75) is 0 Å². The Morgan fingerprint density at radius 2 is 2.27 bits per heavy atom. The van der Waals surface area contributed by atoms with Crippen molar-refractivity contribution >= 4 is 27.3 Å². The minimum atomic E-state index is -0.520. The van der Waals surface area contributed by atoms with E-state index in [0.29, 0.717) is 10.0 Å². The summed E-state index contributed by atoms with van der Waals surface area (Å²) < 4.78 is 0.543. The van der Waals surface area contributed by atoms with E-state index in [1.807, 2.05) is 0 Å². The lowest BCUT2D eigenvalue weighted by Gasteiger charge is -2.01. The molecule has 0 aromatic heterocycles. The number of nitro benzene ring substituents is 1. The van der Waals surface area contributed by atoms with Crippen LogP contribution >= 0.6 is 15.9 Å². The highest BCUT2D eigenvalue weighted by Gasteiger charge is 2.09. The lowest BCUT2D eigenvalue weighted by atomic mass is 10.1. The van der Waals surface area contributed by atoms with Crippen molar-refractivity contribution < 1.29 is 4.92 Å². The summed E-state index contributed by atoms with van der Waals surface area (Å²) in [5.41, 5.74) is 6.10. The third kappa shape index (κ3) is 2.79. The molecule has 0 aliphatic heterocycles. The van der Waals surface area contributed by atoms with Gasteiger partial charge in [0.05, 0.1) is 11.0 Å². The van der Waals surface area contributed by atoms with Crippen LogP contribution in [0.2, 0.25) is 0 Å². The zero-order valence-corrected chi connectivity index (χ0v) is 9.06. The van der Waals surface area contributed by atoms with E-state index in [9.17, 15) is 10.1 Å². The second-order valence-electron chi connectivity index (χ2n) is 2.68. The maximum absolute atomic E-state index is 10.5. The maximum Gasteiger partial charge on any atom is 0.271 e. The average molecular weight is 268 g/mol. The molecule has 76 valence electrons. The molecule has 0 amide bonds. The number of halogens is 1. The molecule has 1 rings (SSSR count). The van der Waals surface area contributed by atoms with Gasteiger partial charge >= 0.3 is 0 Å². The zero-order chi connectivity index (χ0) is 11.4. The lowest BCUT2D eigenvalue weighted by molar-refractivity contribution is -0.384. The monoisotopic (exact) mass is 267 g/mol. The Labute approximate surface area is 94.1 Å². The van der Waals surface area contributed by atoms with Gasteiger partial charge in [-0.2, -0.15) is 5.26 Å². The summed E-state index contributed by atoms with van der Waals surface area (Å²) in [4.78, 5) is 10.0. The molecular formula is C9H6BrN3O2. The quantitative estimate of drug-likeness (QED) is 0.505. The molecule has 2 N–H and O–H groups in total. The van der Waals surface area contributed by atoms with E-state index in [-0.39, 0.29) is 11.4 Å². The number of hydrogen-bond donors (Lipinski definition) is 1. The minimum Gasteiger partial charge on any atom is -0.398 e. The van der Waals surface area contributed by atoms with Gasteiger partial charge in [-0.3, -0.25) is 10.1 Å². The third-order valence-corrected chi connectivity index (χ3v) is 2.10. The Morgan fingerprint density at radius 3 is 2.80 bits per heavy atom. The Bertz CT molecular complexity index is 477. The smallest absolute Gasteiger partial charge is 0.271 e. The van der Waals surface area contributed by atoms with Crippen LogP contribution < -0.4 is 5.73 Å². The Morgan fingerprint density at radius 1 is 1.60 bits per heavy atom.